The largest absolute Gasteiger partial charge is 0.315 e. The number of unbranched alkanes of at least 4 members (excludes halogenated alkanes) is 18. The fourth-order valence-electron chi connectivity index (χ4n) is 5.26. The molecule has 0 aliphatic rings. The molecule has 34 heavy (non-hydrogen) atoms. The smallest absolute Gasteiger partial charge is 0.0220 e. The number of nitrogens with zero attached hydrogens (tertiary/aromatic N) is 1. The van der Waals surface area contributed by atoms with Gasteiger partial charge in [0.25, 0.3) is 0 Å². The van der Waals surface area contributed by atoms with E-state index in [1.807, 2.05) is 0 Å². The average molecular weight is 481 g/mol. The summed E-state index contributed by atoms with van der Waals surface area (Å²) in [5.74, 6) is 0. The molecule has 0 aliphatic heterocycles. The molecule has 2 nitrogen and oxygen atoms in total. The summed E-state index contributed by atoms with van der Waals surface area (Å²) in [6.07, 6.45) is 32.5. The Morgan fingerprint density at radius 1 is 0.441 bits per heavy atom. The van der Waals surface area contributed by atoms with E-state index in [1.165, 1.54) is 174 Å². The third kappa shape index (κ3) is 23.7. The number of hydrogen-bond donors (Lipinski definition) is 1. The van der Waals surface area contributed by atoms with Crippen molar-refractivity contribution in [1.29, 1.82) is 0 Å². The van der Waals surface area contributed by atoms with E-state index in [-0.39, 0.29) is 0 Å². The SMILES string of the molecule is CCCCCCCCCCCNCC(CCCCCCCCCCC)N(CCC)CCCCC. The Bertz CT molecular complexity index is 357. The van der Waals surface area contributed by atoms with Crippen LogP contribution in [0.15, 0.2) is 0 Å². The highest BCUT2D eigenvalue weighted by Gasteiger charge is 2.17. The first kappa shape index (κ1) is 33.9. The highest BCUT2D eigenvalue weighted by Crippen LogP contribution is 2.15. The van der Waals surface area contributed by atoms with Crippen LogP contribution in [0.2, 0.25) is 0 Å². The van der Waals surface area contributed by atoms with Crippen LogP contribution in [0.4, 0.5) is 0 Å². The summed E-state index contributed by atoms with van der Waals surface area (Å²) in [6, 6.07) is 0.750. The quantitative estimate of drug-likeness (QED) is 0.107. The second-order valence-corrected chi connectivity index (χ2v) is 11.0. The van der Waals surface area contributed by atoms with Crippen molar-refractivity contribution in [3.05, 3.63) is 0 Å². The number of nitrogens with one attached hydrogen (secondary N) is 1. The fourth-order valence-corrected chi connectivity index (χ4v) is 5.26. The molecule has 0 spiro atoms. The van der Waals surface area contributed by atoms with E-state index in [9.17, 15) is 0 Å². The summed E-state index contributed by atoms with van der Waals surface area (Å²) in [6.45, 7) is 14.3. The van der Waals surface area contributed by atoms with Crippen LogP contribution < -0.4 is 5.32 Å². The summed E-state index contributed by atoms with van der Waals surface area (Å²) in [7, 11) is 0. The van der Waals surface area contributed by atoms with Crippen LogP contribution in [0, 0.1) is 0 Å². The van der Waals surface area contributed by atoms with E-state index in [0.29, 0.717) is 0 Å². The molecule has 2 heteroatoms. The van der Waals surface area contributed by atoms with Crippen LogP contribution in [0.1, 0.15) is 175 Å². The molecule has 0 radical (unpaired) electrons. The maximum absolute atomic E-state index is 3.87. The topological polar surface area (TPSA) is 15.3 Å². The van der Waals surface area contributed by atoms with Gasteiger partial charge in [-0.05, 0) is 45.3 Å². The van der Waals surface area contributed by atoms with Gasteiger partial charge in [0.15, 0.2) is 0 Å². The average Bonchev–Trinajstić information content (AvgIpc) is 2.84. The minimum absolute atomic E-state index is 0.750. The van der Waals surface area contributed by atoms with E-state index in [1.54, 1.807) is 0 Å². The lowest BCUT2D eigenvalue weighted by Crippen LogP contribution is -2.43. The van der Waals surface area contributed by atoms with Crippen molar-refractivity contribution < 1.29 is 0 Å². The summed E-state index contributed by atoms with van der Waals surface area (Å²) in [5.41, 5.74) is 0. The standard InChI is InChI=1S/C32H68N2/c1-5-9-12-14-16-18-20-22-24-27-32(34(29-8-4)30-26-11-7-3)31-33-28-25-23-21-19-17-15-13-10-6-2/h32-33H,5-31H2,1-4H3. The molecule has 0 aliphatic carbocycles. The van der Waals surface area contributed by atoms with Gasteiger partial charge in [-0.15, -0.1) is 0 Å². The van der Waals surface area contributed by atoms with E-state index in [0.717, 1.165) is 6.04 Å². The number of rotatable bonds is 29. The van der Waals surface area contributed by atoms with Gasteiger partial charge in [-0.1, -0.05) is 150 Å². The third-order valence-electron chi connectivity index (χ3n) is 7.55. The van der Waals surface area contributed by atoms with Gasteiger partial charge < -0.3 is 5.32 Å². The zero-order valence-electron chi connectivity index (χ0n) is 24.6. The lowest BCUT2D eigenvalue weighted by molar-refractivity contribution is 0.175. The van der Waals surface area contributed by atoms with Crippen molar-refractivity contribution in [3.8, 4) is 0 Å². The van der Waals surface area contributed by atoms with Gasteiger partial charge in [0, 0.05) is 12.6 Å². The van der Waals surface area contributed by atoms with Crippen molar-refractivity contribution >= 4 is 0 Å². The Morgan fingerprint density at radius 3 is 1.38 bits per heavy atom. The lowest BCUT2D eigenvalue weighted by atomic mass is 10.0. The van der Waals surface area contributed by atoms with Crippen molar-refractivity contribution in [3.63, 3.8) is 0 Å². The summed E-state index contributed by atoms with van der Waals surface area (Å²) in [5, 5.41) is 3.87. The predicted octanol–water partition coefficient (Wildman–Crippen LogP) is 10.3. The molecule has 0 heterocycles. The van der Waals surface area contributed by atoms with Gasteiger partial charge in [0.1, 0.15) is 0 Å². The molecule has 0 saturated carbocycles. The zero-order chi connectivity index (χ0) is 25.0. The van der Waals surface area contributed by atoms with Crippen LogP contribution in [0.25, 0.3) is 0 Å². The van der Waals surface area contributed by atoms with Gasteiger partial charge >= 0.3 is 0 Å². The minimum atomic E-state index is 0.750. The van der Waals surface area contributed by atoms with E-state index < -0.39 is 0 Å². The Labute approximate surface area is 217 Å². The molecule has 1 atom stereocenters. The lowest BCUT2D eigenvalue weighted by Gasteiger charge is -2.32. The van der Waals surface area contributed by atoms with Gasteiger partial charge in [-0.25, -0.2) is 0 Å². The van der Waals surface area contributed by atoms with Crippen LogP contribution >= 0.6 is 0 Å². The Hall–Kier alpha value is -0.0800. The molecule has 0 fully saturated rings. The highest BCUT2D eigenvalue weighted by molar-refractivity contribution is 4.75. The molecule has 0 amide bonds. The Balaban J connectivity index is 4.13. The highest BCUT2D eigenvalue weighted by atomic mass is 15.2. The Kier molecular flexibility index (Phi) is 29.1. The molecule has 1 unspecified atom stereocenters. The first-order valence-corrected chi connectivity index (χ1v) is 16.2. The van der Waals surface area contributed by atoms with E-state index >= 15 is 0 Å². The van der Waals surface area contributed by atoms with Crippen LogP contribution in [0.5, 0.6) is 0 Å². The normalized spacial score (nSPS) is 12.6. The van der Waals surface area contributed by atoms with Crippen LogP contribution in [0.3, 0.4) is 0 Å². The molecule has 0 saturated heterocycles. The van der Waals surface area contributed by atoms with Gasteiger partial charge in [-0.3, -0.25) is 4.90 Å². The monoisotopic (exact) mass is 481 g/mol. The maximum Gasteiger partial charge on any atom is 0.0220 e. The molecule has 206 valence electrons. The minimum Gasteiger partial charge on any atom is -0.315 e. The summed E-state index contributed by atoms with van der Waals surface area (Å²) >= 11 is 0. The third-order valence-corrected chi connectivity index (χ3v) is 7.55. The second-order valence-electron chi connectivity index (χ2n) is 11.0. The van der Waals surface area contributed by atoms with Gasteiger partial charge in [0.05, 0.1) is 0 Å². The second kappa shape index (κ2) is 29.2. The van der Waals surface area contributed by atoms with Crippen LogP contribution in [-0.2, 0) is 0 Å². The predicted molar refractivity (Wildman–Crippen MR) is 157 cm³/mol. The van der Waals surface area contributed by atoms with E-state index in [4.69, 9.17) is 0 Å². The first-order chi connectivity index (χ1) is 16.8. The molecular weight excluding hydrogens is 412 g/mol. The van der Waals surface area contributed by atoms with Crippen LogP contribution in [-0.4, -0.2) is 37.1 Å². The molecule has 0 bridgehead atoms. The molecule has 0 aromatic heterocycles. The number of hydrogen-bond acceptors (Lipinski definition) is 2. The molecule has 0 rings (SSSR count). The van der Waals surface area contributed by atoms with Gasteiger partial charge in [0.2, 0.25) is 0 Å². The molecule has 0 aromatic carbocycles. The van der Waals surface area contributed by atoms with Crippen molar-refractivity contribution in [2.75, 3.05) is 26.2 Å². The summed E-state index contributed by atoms with van der Waals surface area (Å²) in [4.78, 5) is 2.84. The molecule has 1 N–H and O–H groups in total. The van der Waals surface area contributed by atoms with Crippen molar-refractivity contribution in [2.45, 2.75) is 181 Å². The Morgan fingerprint density at radius 2 is 0.882 bits per heavy atom. The zero-order valence-corrected chi connectivity index (χ0v) is 24.6. The summed E-state index contributed by atoms with van der Waals surface area (Å²) < 4.78 is 0. The van der Waals surface area contributed by atoms with Gasteiger partial charge in [-0.2, -0.15) is 0 Å². The van der Waals surface area contributed by atoms with E-state index in [2.05, 4.69) is 37.9 Å². The maximum atomic E-state index is 3.87. The fraction of sp³-hybridized carbons (Fsp3) is 1.00. The molecular formula is C32H68N2. The van der Waals surface area contributed by atoms with Crippen molar-refractivity contribution in [1.82, 2.24) is 10.2 Å². The molecule has 0 aromatic rings. The van der Waals surface area contributed by atoms with Crippen molar-refractivity contribution in [2.24, 2.45) is 0 Å². The first-order valence-electron chi connectivity index (χ1n) is 16.2.